The largest absolute Gasteiger partial charge is 0.394 e. The monoisotopic (exact) mass is 329 g/mol. The minimum absolute atomic E-state index is 0.0381. The number of aliphatic hydroxyl groups excluding tert-OH is 1. The summed E-state index contributed by atoms with van der Waals surface area (Å²) < 4.78 is 16.8. The van der Waals surface area contributed by atoms with E-state index in [0.717, 1.165) is 0 Å². The van der Waals surface area contributed by atoms with E-state index in [0.29, 0.717) is 23.5 Å². The second kappa shape index (κ2) is 6.63. The Kier molecular flexibility index (Phi) is 4.39. The van der Waals surface area contributed by atoms with Crippen LogP contribution < -0.4 is 5.32 Å². The summed E-state index contributed by atoms with van der Waals surface area (Å²) in [6.45, 7) is 2.01. The number of halogens is 1. The molecule has 2 N–H and O–H groups in total. The van der Waals surface area contributed by atoms with Crippen LogP contribution in [0.3, 0.4) is 0 Å². The molecular formula is C16H16FN5O2. The Balaban J connectivity index is 1.82. The second-order valence-electron chi connectivity index (χ2n) is 5.18. The lowest BCUT2D eigenvalue weighted by atomic mass is 10.2. The van der Waals surface area contributed by atoms with Gasteiger partial charge in [0.2, 0.25) is 0 Å². The molecule has 0 bridgehead atoms. The molecule has 0 spiro atoms. The van der Waals surface area contributed by atoms with Crippen molar-refractivity contribution in [2.45, 2.75) is 13.5 Å². The molecule has 0 fully saturated rings. The lowest BCUT2D eigenvalue weighted by molar-refractivity contribution is 0.102. The van der Waals surface area contributed by atoms with Crippen LogP contribution in [-0.2, 0) is 6.54 Å². The first kappa shape index (κ1) is 15.9. The van der Waals surface area contributed by atoms with Crippen LogP contribution in [0.2, 0.25) is 0 Å². The predicted molar refractivity (Wildman–Crippen MR) is 85.5 cm³/mol. The minimum Gasteiger partial charge on any atom is -0.394 e. The van der Waals surface area contributed by atoms with Crippen LogP contribution in [0.4, 0.5) is 10.1 Å². The number of benzene rings is 1. The number of hydrogen-bond donors (Lipinski definition) is 2. The Labute approximate surface area is 137 Å². The minimum atomic E-state index is -0.416. The standard InChI is InChI=1S/C16H16FN5O2/c1-11-13(9-19-22(11)15-5-3-2-4-14(15)17)16(24)20-12-8-18-21(10-12)6-7-23/h2-5,8-10,23H,6-7H2,1H3,(H,20,24). The molecule has 3 aromatic rings. The summed E-state index contributed by atoms with van der Waals surface area (Å²) in [4.78, 5) is 12.4. The smallest absolute Gasteiger partial charge is 0.259 e. The molecule has 7 nitrogen and oxygen atoms in total. The third-order valence-electron chi connectivity index (χ3n) is 3.56. The van der Waals surface area contributed by atoms with Gasteiger partial charge < -0.3 is 10.4 Å². The van der Waals surface area contributed by atoms with Crippen molar-refractivity contribution in [3.63, 3.8) is 0 Å². The van der Waals surface area contributed by atoms with E-state index in [9.17, 15) is 9.18 Å². The van der Waals surface area contributed by atoms with E-state index >= 15 is 0 Å². The van der Waals surface area contributed by atoms with Crippen molar-refractivity contribution in [2.24, 2.45) is 0 Å². The van der Waals surface area contributed by atoms with E-state index in [2.05, 4.69) is 15.5 Å². The number of hydrogen-bond acceptors (Lipinski definition) is 4. The molecule has 2 aromatic heterocycles. The normalized spacial score (nSPS) is 10.8. The van der Waals surface area contributed by atoms with Gasteiger partial charge in [-0.2, -0.15) is 10.2 Å². The maximum absolute atomic E-state index is 13.9. The van der Waals surface area contributed by atoms with E-state index in [-0.39, 0.29) is 18.2 Å². The van der Waals surface area contributed by atoms with E-state index in [1.165, 1.54) is 27.8 Å². The van der Waals surface area contributed by atoms with Crippen molar-refractivity contribution in [3.8, 4) is 5.69 Å². The van der Waals surface area contributed by atoms with Gasteiger partial charge in [-0.3, -0.25) is 9.48 Å². The molecule has 0 aliphatic carbocycles. The fraction of sp³-hybridized carbons (Fsp3) is 0.188. The first-order valence-electron chi connectivity index (χ1n) is 7.34. The molecule has 1 amide bonds. The SMILES string of the molecule is Cc1c(C(=O)Nc2cnn(CCO)c2)cnn1-c1ccccc1F. The van der Waals surface area contributed by atoms with Crippen molar-refractivity contribution in [1.82, 2.24) is 19.6 Å². The highest BCUT2D eigenvalue weighted by molar-refractivity contribution is 6.04. The van der Waals surface area contributed by atoms with Crippen LogP contribution >= 0.6 is 0 Å². The zero-order valence-corrected chi connectivity index (χ0v) is 13.0. The highest BCUT2D eigenvalue weighted by Gasteiger charge is 2.17. The van der Waals surface area contributed by atoms with Crippen molar-refractivity contribution in [1.29, 1.82) is 0 Å². The van der Waals surface area contributed by atoms with Gasteiger partial charge in [0.25, 0.3) is 5.91 Å². The Hall–Kier alpha value is -3.00. The van der Waals surface area contributed by atoms with Gasteiger partial charge in [0.15, 0.2) is 0 Å². The Bertz CT molecular complexity index is 871. The Morgan fingerprint density at radius 2 is 2.08 bits per heavy atom. The molecule has 0 saturated heterocycles. The van der Waals surface area contributed by atoms with Crippen molar-refractivity contribution >= 4 is 11.6 Å². The summed E-state index contributed by atoms with van der Waals surface area (Å²) in [5.74, 6) is -0.778. The van der Waals surface area contributed by atoms with Crippen LogP contribution in [0.25, 0.3) is 5.69 Å². The summed E-state index contributed by atoms with van der Waals surface area (Å²) in [5.41, 5.74) is 1.66. The van der Waals surface area contributed by atoms with Crippen LogP contribution in [0.15, 0.2) is 42.9 Å². The molecule has 24 heavy (non-hydrogen) atoms. The number of nitrogens with zero attached hydrogens (tertiary/aromatic N) is 4. The Morgan fingerprint density at radius 3 is 2.83 bits per heavy atom. The van der Waals surface area contributed by atoms with Crippen LogP contribution in [0, 0.1) is 12.7 Å². The van der Waals surface area contributed by atoms with Gasteiger partial charge in [-0.25, -0.2) is 9.07 Å². The van der Waals surface area contributed by atoms with Gasteiger partial charge in [-0.05, 0) is 19.1 Å². The molecule has 0 unspecified atom stereocenters. The quantitative estimate of drug-likeness (QED) is 0.747. The average Bonchev–Trinajstić information content (AvgIpc) is 3.15. The third-order valence-corrected chi connectivity index (χ3v) is 3.56. The lowest BCUT2D eigenvalue weighted by Gasteiger charge is -2.06. The summed E-state index contributed by atoms with van der Waals surface area (Å²) >= 11 is 0. The number of aromatic nitrogens is 4. The summed E-state index contributed by atoms with van der Waals surface area (Å²) in [6.07, 6.45) is 4.50. The Morgan fingerprint density at radius 1 is 1.29 bits per heavy atom. The number of nitrogens with one attached hydrogen (secondary N) is 1. The highest BCUT2D eigenvalue weighted by atomic mass is 19.1. The van der Waals surface area contributed by atoms with Gasteiger partial charge >= 0.3 is 0 Å². The van der Waals surface area contributed by atoms with Crippen LogP contribution in [-0.4, -0.2) is 37.2 Å². The molecule has 0 saturated carbocycles. The molecule has 2 heterocycles. The molecular weight excluding hydrogens is 313 g/mol. The molecule has 0 radical (unpaired) electrons. The summed E-state index contributed by atoms with van der Waals surface area (Å²) in [5, 5.41) is 19.7. The van der Waals surface area contributed by atoms with Crippen molar-refractivity contribution < 1.29 is 14.3 Å². The van der Waals surface area contributed by atoms with Gasteiger partial charge in [0.1, 0.15) is 11.5 Å². The zero-order chi connectivity index (χ0) is 17.1. The van der Waals surface area contributed by atoms with Crippen molar-refractivity contribution in [2.75, 3.05) is 11.9 Å². The van der Waals surface area contributed by atoms with E-state index in [1.54, 1.807) is 31.3 Å². The van der Waals surface area contributed by atoms with Gasteiger partial charge in [0.05, 0.1) is 42.5 Å². The first-order valence-corrected chi connectivity index (χ1v) is 7.34. The molecule has 1 aromatic carbocycles. The van der Waals surface area contributed by atoms with Gasteiger partial charge in [-0.1, -0.05) is 12.1 Å². The van der Waals surface area contributed by atoms with E-state index < -0.39 is 5.82 Å². The van der Waals surface area contributed by atoms with Gasteiger partial charge in [0, 0.05) is 6.20 Å². The maximum atomic E-state index is 13.9. The first-order chi connectivity index (χ1) is 11.6. The predicted octanol–water partition coefficient (Wildman–Crippen LogP) is 1.76. The number of anilines is 1. The molecule has 3 rings (SSSR count). The molecule has 0 aliphatic heterocycles. The molecule has 124 valence electrons. The number of carbonyl (C=O) groups is 1. The van der Waals surface area contributed by atoms with E-state index in [4.69, 9.17) is 5.11 Å². The average molecular weight is 329 g/mol. The molecule has 0 aliphatic rings. The number of carbonyl (C=O) groups excluding carboxylic acids is 1. The van der Waals surface area contributed by atoms with Gasteiger partial charge in [-0.15, -0.1) is 0 Å². The zero-order valence-electron chi connectivity index (χ0n) is 13.0. The number of aliphatic hydroxyl groups is 1. The fourth-order valence-electron chi connectivity index (χ4n) is 2.35. The number of amides is 1. The third kappa shape index (κ3) is 3.04. The lowest BCUT2D eigenvalue weighted by Crippen LogP contribution is -2.13. The topological polar surface area (TPSA) is 85.0 Å². The summed E-state index contributed by atoms with van der Waals surface area (Å²) in [7, 11) is 0. The molecule has 0 atom stereocenters. The number of para-hydroxylation sites is 1. The fourth-order valence-corrected chi connectivity index (χ4v) is 2.35. The van der Waals surface area contributed by atoms with Crippen molar-refractivity contribution in [3.05, 3.63) is 59.9 Å². The number of rotatable bonds is 5. The second-order valence-corrected chi connectivity index (χ2v) is 5.18. The van der Waals surface area contributed by atoms with E-state index in [1.807, 2.05) is 0 Å². The van der Waals surface area contributed by atoms with Crippen LogP contribution in [0.5, 0.6) is 0 Å². The summed E-state index contributed by atoms with van der Waals surface area (Å²) in [6, 6.07) is 6.23. The maximum Gasteiger partial charge on any atom is 0.259 e. The highest BCUT2D eigenvalue weighted by Crippen LogP contribution is 2.18. The van der Waals surface area contributed by atoms with Crippen LogP contribution in [0.1, 0.15) is 16.1 Å². The molecule has 8 heteroatoms.